The SMILES string of the molecule is CC(C)c1ccc(-c2nccnc2CC(=O)O)cc1. The molecule has 1 aromatic carbocycles. The predicted molar refractivity (Wildman–Crippen MR) is 72.9 cm³/mol. The Morgan fingerprint density at radius 2 is 1.79 bits per heavy atom. The smallest absolute Gasteiger partial charge is 0.309 e. The Hall–Kier alpha value is -2.23. The molecule has 2 rings (SSSR count). The first-order valence-corrected chi connectivity index (χ1v) is 6.20. The summed E-state index contributed by atoms with van der Waals surface area (Å²) in [5.74, 6) is -0.435. The summed E-state index contributed by atoms with van der Waals surface area (Å²) in [7, 11) is 0. The first-order chi connectivity index (χ1) is 9.08. The molecule has 0 aliphatic rings. The summed E-state index contributed by atoms with van der Waals surface area (Å²) in [5, 5.41) is 8.89. The first kappa shape index (κ1) is 13.2. The lowest BCUT2D eigenvalue weighted by molar-refractivity contribution is -0.136. The van der Waals surface area contributed by atoms with E-state index in [1.165, 1.54) is 11.8 Å². The van der Waals surface area contributed by atoms with E-state index in [1.807, 2.05) is 24.3 Å². The van der Waals surface area contributed by atoms with Gasteiger partial charge in [-0.15, -0.1) is 0 Å². The summed E-state index contributed by atoms with van der Waals surface area (Å²) in [6.45, 7) is 4.26. The van der Waals surface area contributed by atoms with Gasteiger partial charge in [-0.2, -0.15) is 0 Å². The molecule has 98 valence electrons. The Balaban J connectivity index is 2.38. The van der Waals surface area contributed by atoms with Crippen molar-refractivity contribution in [2.75, 3.05) is 0 Å². The maximum atomic E-state index is 10.8. The van der Waals surface area contributed by atoms with Crippen LogP contribution in [0.5, 0.6) is 0 Å². The van der Waals surface area contributed by atoms with Gasteiger partial charge in [0.05, 0.1) is 17.8 Å². The van der Waals surface area contributed by atoms with Crippen molar-refractivity contribution in [2.24, 2.45) is 0 Å². The Morgan fingerprint density at radius 1 is 1.16 bits per heavy atom. The van der Waals surface area contributed by atoms with Crippen LogP contribution in [0, 0.1) is 0 Å². The van der Waals surface area contributed by atoms with Crippen LogP contribution in [0.4, 0.5) is 0 Å². The van der Waals surface area contributed by atoms with Gasteiger partial charge in [0, 0.05) is 18.0 Å². The highest BCUT2D eigenvalue weighted by Gasteiger charge is 2.11. The van der Waals surface area contributed by atoms with Crippen molar-refractivity contribution in [3.8, 4) is 11.3 Å². The largest absolute Gasteiger partial charge is 0.481 e. The quantitative estimate of drug-likeness (QED) is 0.913. The summed E-state index contributed by atoms with van der Waals surface area (Å²) in [6.07, 6.45) is 2.98. The third kappa shape index (κ3) is 3.16. The highest BCUT2D eigenvalue weighted by atomic mass is 16.4. The van der Waals surface area contributed by atoms with E-state index < -0.39 is 5.97 Å². The molecule has 0 radical (unpaired) electrons. The van der Waals surface area contributed by atoms with E-state index in [4.69, 9.17) is 5.11 Å². The number of carbonyl (C=O) groups is 1. The van der Waals surface area contributed by atoms with E-state index in [9.17, 15) is 4.79 Å². The molecule has 0 fully saturated rings. The zero-order valence-corrected chi connectivity index (χ0v) is 11.0. The lowest BCUT2D eigenvalue weighted by Gasteiger charge is -2.08. The van der Waals surface area contributed by atoms with Crippen molar-refractivity contribution in [1.82, 2.24) is 9.97 Å². The summed E-state index contributed by atoms with van der Waals surface area (Å²) in [4.78, 5) is 19.2. The van der Waals surface area contributed by atoms with E-state index >= 15 is 0 Å². The zero-order chi connectivity index (χ0) is 13.8. The van der Waals surface area contributed by atoms with Crippen molar-refractivity contribution in [3.05, 3.63) is 47.9 Å². The van der Waals surface area contributed by atoms with Crippen LogP contribution in [0.15, 0.2) is 36.7 Å². The molecule has 0 spiro atoms. The van der Waals surface area contributed by atoms with Crippen LogP contribution in [0.25, 0.3) is 11.3 Å². The summed E-state index contributed by atoms with van der Waals surface area (Å²) in [6, 6.07) is 8.01. The standard InChI is InChI=1S/C15H16N2O2/c1-10(2)11-3-5-12(6-4-11)15-13(9-14(18)19)16-7-8-17-15/h3-8,10H,9H2,1-2H3,(H,18,19). The minimum absolute atomic E-state index is 0.116. The van der Waals surface area contributed by atoms with Gasteiger partial charge >= 0.3 is 5.97 Å². The van der Waals surface area contributed by atoms with Crippen LogP contribution in [0.2, 0.25) is 0 Å². The molecule has 0 unspecified atom stereocenters. The van der Waals surface area contributed by atoms with Gasteiger partial charge in [0.1, 0.15) is 0 Å². The third-order valence-corrected chi connectivity index (χ3v) is 2.94. The summed E-state index contributed by atoms with van der Waals surface area (Å²) in [5.41, 5.74) is 3.27. The number of carboxylic acid groups (broad SMARTS) is 1. The average molecular weight is 256 g/mol. The van der Waals surface area contributed by atoms with Crippen LogP contribution >= 0.6 is 0 Å². The van der Waals surface area contributed by atoms with Gasteiger partial charge < -0.3 is 5.11 Å². The maximum Gasteiger partial charge on any atom is 0.309 e. The zero-order valence-electron chi connectivity index (χ0n) is 11.0. The van der Waals surface area contributed by atoms with Crippen molar-refractivity contribution >= 4 is 5.97 Å². The number of aromatic nitrogens is 2. The normalized spacial score (nSPS) is 10.7. The third-order valence-electron chi connectivity index (χ3n) is 2.94. The van der Waals surface area contributed by atoms with Crippen molar-refractivity contribution in [1.29, 1.82) is 0 Å². The number of benzene rings is 1. The Kier molecular flexibility index (Phi) is 3.90. The number of aliphatic carboxylic acids is 1. The number of hydrogen-bond acceptors (Lipinski definition) is 3. The summed E-state index contributed by atoms with van der Waals surface area (Å²) < 4.78 is 0. The Bertz CT molecular complexity index is 577. The molecule has 0 saturated heterocycles. The van der Waals surface area contributed by atoms with Crippen LogP contribution in [0.1, 0.15) is 31.0 Å². The lowest BCUT2D eigenvalue weighted by atomic mass is 10.00. The molecule has 1 N–H and O–H groups in total. The van der Waals surface area contributed by atoms with Gasteiger partial charge in [0.2, 0.25) is 0 Å². The van der Waals surface area contributed by atoms with Crippen LogP contribution in [-0.2, 0) is 11.2 Å². The van der Waals surface area contributed by atoms with E-state index in [0.29, 0.717) is 17.3 Å². The van der Waals surface area contributed by atoms with Gasteiger partial charge in [-0.3, -0.25) is 14.8 Å². The van der Waals surface area contributed by atoms with Crippen molar-refractivity contribution < 1.29 is 9.90 Å². The molecular weight excluding hydrogens is 240 g/mol. The molecule has 1 heterocycles. The molecule has 0 atom stereocenters. The molecule has 0 aliphatic carbocycles. The fraction of sp³-hybridized carbons (Fsp3) is 0.267. The van der Waals surface area contributed by atoms with E-state index in [2.05, 4.69) is 23.8 Å². The average Bonchev–Trinajstić information content (AvgIpc) is 2.39. The highest BCUT2D eigenvalue weighted by Crippen LogP contribution is 2.23. The first-order valence-electron chi connectivity index (χ1n) is 6.20. The predicted octanol–water partition coefficient (Wildman–Crippen LogP) is 2.89. The van der Waals surface area contributed by atoms with Crippen LogP contribution in [0.3, 0.4) is 0 Å². The molecule has 0 amide bonds. The van der Waals surface area contributed by atoms with Gasteiger partial charge in [0.25, 0.3) is 0 Å². The lowest BCUT2D eigenvalue weighted by Crippen LogP contribution is -2.05. The van der Waals surface area contributed by atoms with Gasteiger partial charge in [-0.05, 0) is 11.5 Å². The van der Waals surface area contributed by atoms with E-state index in [1.54, 1.807) is 6.20 Å². The number of hydrogen-bond donors (Lipinski definition) is 1. The van der Waals surface area contributed by atoms with Gasteiger partial charge in [-0.1, -0.05) is 38.1 Å². The molecule has 4 heteroatoms. The maximum absolute atomic E-state index is 10.8. The molecular formula is C15H16N2O2. The fourth-order valence-corrected chi connectivity index (χ4v) is 1.91. The van der Waals surface area contributed by atoms with Crippen molar-refractivity contribution in [3.63, 3.8) is 0 Å². The molecule has 2 aromatic rings. The molecule has 0 saturated carbocycles. The topological polar surface area (TPSA) is 63.1 Å². The minimum Gasteiger partial charge on any atom is -0.481 e. The number of rotatable bonds is 4. The Morgan fingerprint density at radius 3 is 2.37 bits per heavy atom. The van der Waals surface area contributed by atoms with Gasteiger partial charge in [0.15, 0.2) is 0 Å². The van der Waals surface area contributed by atoms with Gasteiger partial charge in [-0.25, -0.2) is 0 Å². The second-order valence-electron chi connectivity index (χ2n) is 4.70. The summed E-state index contributed by atoms with van der Waals surface area (Å²) >= 11 is 0. The molecule has 4 nitrogen and oxygen atoms in total. The number of carboxylic acids is 1. The number of nitrogens with zero attached hydrogens (tertiary/aromatic N) is 2. The fourth-order valence-electron chi connectivity index (χ4n) is 1.91. The van der Waals surface area contributed by atoms with Crippen LogP contribution < -0.4 is 0 Å². The monoisotopic (exact) mass is 256 g/mol. The molecule has 1 aromatic heterocycles. The van der Waals surface area contributed by atoms with E-state index in [0.717, 1.165) is 5.56 Å². The Labute approximate surface area is 112 Å². The molecule has 19 heavy (non-hydrogen) atoms. The molecule has 0 aliphatic heterocycles. The van der Waals surface area contributed by atoms with Crippen molar-refractivity contribution in [2.45, 2.75) is 26.2 Å². The minimum atomic E-state index is -0.902. The highest BCUT2D eigenvalue weighted by molar-refractivity contribution is 5.73. The van der Waals surface area contributed by atoms with E-state index in [-0.39, 0.29) is 6.42 Å². The van der Waals surface area contributed by atoms with Crippen LogP contribution in [-0.4, -0.2) is 21.0 Å². The molecule has 0 bridgehead atoms. The second kappa shape index (κ2) is 5.61. The second-order valence-corrected chi connectivity index (χ2v) is 4.70.